The van der Waals surface area contributed by atoms with E-state index in [1.807, 2.05) is 0 Å². The summed E-state index contributed by atoms with van der Waals surface area (Å²) in [6.45, 7) is 0. The fourth-order valence-corrected chi connectivity index (χ4v) is 14.7. The van der Waals surface area contributed by atoms with Crippen molar-refractivity contribution in [3.05, 3.63) is 129 Å². The van der Waals surface area contributed by atoms with Gasteiger partial charge in [-0.2, -0.15) is 127 Å². The first kappa shape index (κ1) is 60.9. The molecule has 0 spiro atoms. The van der Waals surface area contributed by atoms with Crippen LogP contribution >= 0.6 is 7.92 Å². The van der Waals surface area contributed by atoms with E-state index in [9.17, 15) is 105 Å². The molecule has 0 aromatic heterocycles. The fourth-order valence-electron chi connectivity index (χ4n) is 10.2. The predicted octanol–water partition coefficient (Wildman–Crippen LogP) is 16.3. The van der Waals surface area contributed by atoms with Gasteiger partial charge < -0.3 is 0 Å². The van der Waals surface area contributed by atoms with Gasteiger partial charge in [0.2, 0.25) is 0 Å². The van der Waals surface area contributed by atoms with Crippen LogP contribution in [0.3, 0.4) is 0 Å². The minimum absolute atomic E-state index is 0. The minimum Gasteiger partial charge on any atom is -0.194 e. The molecular weight excluding hydrogens is 1170 g/mol. The number of hydrogen-bond acceptors (Lipinski definition) is 0. The first-order valence-corrected chi connectivity index (χ1v) is 23.5. The molecule has 0 N–H and O–H groups in total. The Labute approximate surface area is 419 Å². The van der Waals surface area contributed by atoms with E-state index in [1.165, 1.54) is 49.8 Å². The molecule has 0 bridgehead atoms. The third kappa shape index (κ3) is 13.8. The summed E-state index contributed by atoms with van der Waals surface area (Å²) in [7, 11) is 0.373. The van der Waals surface area contributed by atoms with Crippen LogP contribution in [-0.2, 0) is 68.9 Å². The summed E-state index contributed by atoms with van der Waals surface area (Å²) in [4.78, 5) is 0. The summed E-state index contributed by atoms with van der Waals surface area (Å²) in [5.74, 6) is 0. The molecule has 7 rings (SSSR count). The van der Waals surface area contributed by atoms with Crippen molar-refractivity contribution in [2.24, 2.45) is 0 Å². The molecule has 0 amide bonds. The van der Waals surface area contributed by atoms with Gasteiger partial charge in [0.05, 0.1) is 44.5 Å². The number of allylic oxidation sites excluding steroid dienone is 2. The van der Waals surface area contributed by atoms with Crippen LogP contribution in [0.15, 0.2) is 84.9 Å². The van der Waals surface area contributed by atoms with E-state index in [2.05, 4.69) is 12.2 Å². The number of hydrogen-bond donors (Lipinski definition) is 0. The summed E-state index contributed by atoms with van der Waals surface area (Å²) in [5.41, 5.74) is -26.8. The van der Waals surface area contributed by atoms with E-state index in [-0.39, 0.29) is 19.5 Å². The quantitative estimate of drug-likeness (QED) is 0.0749. The first-order chi connectivity index (χ1) is 33.2. The van der Waals surface area contributed by atoms with E-state index >= 15 is 0 Å². The van der Waals surface area contributed by atoms with Gasteiger partial charge in [-0.25, -0.2) is 0 Å². The Balaban J connectivity index is 0.000000499. The van der Waals surface area contributed by atoms with E-state index in [0.717, 1.165) is 5.66 Å². The van der Waals surface area contributed by atoms with Crippen LogP contribution < -0.4 is 21.9 Å². The second-order valence-electron chi connectivity index (χ2n) is 18.1. The second-order valence-corrected chi connectivity index (χ2v) is 21.2. The van der Waals surface area contributed by atoms with Crippen LogP contribution in [-0.4, -0.2) is 23.1 Å². The van der Waals surface area contributed by atoms with Crippen molar-refractivity contribution in [2.45, 2.75) is 131 Å². The Bertz CT molecular complexity index is 2160. The summed E-state index contributed by atoms with van der Waals surface area (Å²) < 4.78 is 341. The van der Waals surface area contributed by atoms with Crippen LogP contribution in [0.2, 0.25) is 0 Å². The molecule has 2 saturated carbocycles. The molecule has 0 atom stereocenters. The molecule has 3 aliphatic rings. The minimum atomic E-state index is -6.13. The Morgan fingerprint density at radius 2 is 0.459 bits per heavy atom. The van der Waals surface area contributed by atoms with Crippen LogP contribution in [0.25, 0.3) is 0 Å². The van der Waals surface area contributed by atoms with E-state index in [0.29, 0.717) is 7.92 Å². The largest absolute Gasteiger partial charge is 0.416 e. The smallest absolute Gasteiger partial charge is 0.194 e. The third-order valence-corrected chi connectivity index (χ3v) is 17.3. The number of halogens is 24. The summed E-state index contributed by atoms with van der Waals surface area (Å²) in [6.07, 6.45) is -34.5. The SMILES string of the molecule is C1=CCC(P(C2CCCC2)C2CCCC2)C1.FC(F)(F)c1cc([B-](c2cc(C(F)(F)F)cc(C(F)(F)F)c2)(c2cc(C(F)(F)F)cc(C(F)(F)F)c2)c2cc(C(F)(F)F)cc(C(F)(F)F)c2)cc(C(F)(F)F)c1.[Rh]. The maximum absolute atomic E-state index is 14.2. The molecule has 2 fully saturated rings. The van der Waals surface area contributed by atoms with Gasteiger partial charge in [0.25, 0.3) is 0 Å². The van der Waals surface area contributed by atoms with Crippen LogP contribution in [0.1, 0.15) is 109 Å². The zero-order valence-electron chi connectivity index (χ0n) is 37.3. The van der Waals surface area contributed by atoms with Gasteiger partial charge in [0.15, 0.2) is 0 Å². The van der Waals surface area contributed by atoms with Crippen molar-refractivity contribution in [2.75, 3.05) is 0 Å². The molecule has 74 heavy (non-hydrogen) atoms. The second kappa shape index (κ2) is 21.5. The van der Waals surface area contributed by atoms with Crippen LogP contribution in [0, 0.1) is 0 Å². The van der Waals surface area contributed by atoms with Gasteiger partial charge in [0.1, 0.15) is 6.15 Å². The normalized spacial score (nSPS) is 17.3. The van der Waals surface area contributed by atoms with E-state index in [1.54, 1.807) is 25.7 Å². The van der Waals surface area contributed by atoms with Gasteiger partial charge in [-0.1, -0.05) is 94.3 Å². The third-order valence-electron chi connectivity index (χ3n) is 13.3. The summed E-state index contributed by atoms with van der Waals surface area (Å²) >= 11 is 0. The molecule has 3 aliphatic carbocycles. The average molecular weight is 1200 g/mol. The molecule has 27 heteroatoms. The molecule has 4 aromatic rings. The summed E-state index contributed by atoms with van der Waals surface area (Å²) in [5, 5.41) is 0. The molecule has 0 heterocycles. The number of benzene rings is 4. The Morgan fingerprint density at radius 3 is 0.622 bits per heavy atom. The first-order valence-electron chi connectivity index (χ1n) is 22.0. The van der Waals surface area contributed by atoms with Gasteiger partial charge >= 0.3 is 49.4 Å². The summed E-state index contributed by atoms with van der Waals surface area (Å²) in [6, 6.07) is -8.81. The van der Waals surface area contributed by atoms with E-state index in [4.69, 9.17) is 0 Å². The van der Waals surface area contributed by atoms with Crippen molar-refractivity contribution < 1.29 is 125 Å². The molecule has 0 saturated heterocycles. The number of rotatable bonds is 7. The van der Waals surface area contributed by atoms with Gasteiger partial charge in [-0.15, -0.1) is 0 Å². The maximum Gasteiger partial charge on any atom is 0.416 e. The Morgan fingerprint density at radius 1 is 0.284 bits per heavy atom. The monoisotopic (exact) mass is 1200 g/mol. The fraction of sp³-hybridized carbons (Fsp3) is 0.447. The van der Waals surface area contributed by atoms with Crippen LogP contribution in [0.4, 0.5) is 105 Å². The Kier molecular flexibility index (Phi) is 17.7. The van der Waals surface area contributed by atoms with Crippen molar-refractivity contribution >= 4 is 35.9 Å². The zero-order chi connectivity index (χ0) is 54.7. The van der Waals surface area contributed by atoms with Crippen LogP contribution in [0.5, 0.6) is 0 Å². The molecule has 0 unspecified atom stereocenters. The van der Waals surface area contributed by atoms with Gasteiger partial charge in [0, 0.05) is 19.5 Å². The van der Waals surface area contributed by atoms with Crippen molar-refractivity contribution in [1.82, 2.24) is 0 Å². The van der Waals surface area contributed by atoms with Crippen molar-refractivity contribution in [3.63, 3.8) is 0 Å². The predicted molar refractivity (Wildman–Crippen MR) is 224 cm³/mol. The zero-order valence-corrected chi connectivity index (χ0v) is 39.8. The van der Waals surface area contributed by atoms with Gasteiger partial charge in [-0.05, 0) is 79.8 Å². The standard InChI is InChI=1S/C32H12BF24.C15H25P.Rh/c34-25(35,36)13-1-14(26(37,38)39)6-21(5-13)33(22-7-15(27(40,41)42)2-16(8-22)28(43,44)45,23-9-17(29(46,47)48)3-18(10-23)30(49,50)51)24-11-19(31(52,53)54)4-20(12-24)32(55,56)57;1-2-8-13(7-1)16(14-9-3-4-10-14)15-11-5-6-12-15;/h1-12H;1-2,13-15H,3-12H2;/q-1;;. The molecule has 4 aromatic carbocycles. The molecule has 1 radical (unpaired) electrons. The Hall–Kier alpha value is -3.94. The number of alkyl halides is 24. The maximum atomic E-state index is 14.2. The van der Waals surface area contributed by atoms with Crippen molar-refractivity contribution in [1.29, 1.82) is 0 Å². The average Bonchev–Trinajstić information content (AvgIpc) is 4.09. The topological polar surface area (TPSA) is 0 Å². The van der Waals surface area contributed by atoms with Gasteiger partial charge in [-0.3, -0.25) is 0 Å². The molecule has 411 valence electrons. The van der Waals surface area contributed by atoms with Crippen molar-refractivity contribution in [3.8, 4) is 0 Å². The van der Waals surface area contributed by atoms with E-state index < -0.39 is 195 Å². The molecule has 0 aliphatic heterocycles. The molecular formula is C47H37BF24PRh-. The molecule has 0 nitrogen and oxygen atoms in total.